The second-order valence-electron chi connectivity index (χ2n) is 3.18. The molecule has 0 radical (unpaired) electrons. The largest absolute Gasteiger partial charge is 0.447 e. The van der Waals surface area contributed by atoms with Crippen molar-refractivity contribution in [1.29, 1.82) is 0 Å². The lowest BCUT2D eigenvalue weighted by molar-refractivity contribution is 0.130. The van der Waals surface area contributed by atoms with Gasteiger partial charge < -0.3 is 4.74 Å². The van der Waals surface area contributed by atoms with E-state index in [4.69, 9.17) is 16.3 Å². The lowest BCUT2D eigenvalue weighted by Crippen LogP contribution is -2.18. The molecule has 0 fully saturated rings. The summed E-state index contributed by atoms with van der Waals surface area (Å²) in [6, 6.07) is 5.21. The number of benzene rings is 1. The Hall–Kier alpha value is -0.740. The van der Waals surface area contributed by atoms with Crippen molar-refractivity contribution in [3.63, 3.8) is 0 Å². The average Bonchev–Trinajstić information content (AvgIpc) is 2.11. The summed E-state index contributed by atoms with van der Waals surface area (Å²) in [7, 11) is 0. The molecule has 0 aliphatic rings. The van der Waals surface area contributed by atoms with Gasteiger partial charge in [-0.2, -0.15) is 0 Å². The maximum atomic E-state index is 11.3. The van der Waals surface area contributed by atoms with Gasteiger partial charge in [0, 0.05) is 0 Å². The second kappa shape index (κ2) is 5.37. The van der Waals surface area contributed by atoms with Crippen molar-refractivity contribution in [3.05, 3.63) is 27.7 Å². The molecule has 3 nitrogen and oxygen atoms in total. The Labute approximate surface area is 102 Å². The van der Waals surface area contributed by atoms with Gasteiger partial charge in [0.15, 0.2) is 0 Å². The normalized spacial score (nSPS) is 10.2. The van der Waals surface area contributed by atoms with E-state index in [2.05, 4.69) is 21.2 Å². The highest BCUT2D eigenvalue weighted by molar-refractivity contribution is 9.10. The lowest BCUT2D eigenvalue weighted by Gasteiger charge is -2.11. The van der Waals surface area contributed by atoms with Gasteiger partial charge in [-0.05, 0) is 41.9 Å². The van der Waals surface area contributed by atoms with Crippen LogP contribution in [-0.4, -0.2) is 12.2 Å². The Balaban J connectivity index is 2.73. The SMILES string of the molecule is CC(C)OC(=O)Nc1cccc(Cl)c1Br. The molecule has 0 unspecified atom stereocenters. The summed E-state index contributed by atoms with van der Waals surface area (Å²) in [6.07, 6.45) is -0.643. The minimum Gasteiger partial charge on any atom is -0.447 e. The first kappa shape index (κ1) is 12.3. The number of hydrogen-bond donors (Lipinski definition) is 1. The highest BCUT2D eigenvalue weighted by atomic mass is 79.9. The van der Waals surface area contributed by atoms with Crippen LogP contribution in [0.4, 0.5) is 10.5 Å². The molecule has 0 aliphatic heterocycles. The van der Waals surface area contributed by atoms with E-state index in [9.17, 15) is 4.79 Å². The molecule has 0 bridgehead atoms. The molecule has 0 saturated heterocycles. The summed E-state index contributed by atoms with van der Waals surface area (Å²) in [6.45, 7) is 3.57. The van der Waals surface area contributed by atoms with E-state index in [-0.39, 0.29) is 6.10 Å². The fourth-order valence-electron chi connectivity index (χ4n) is 0.954. The van der Waals surface area contributed by atoms with Crippen LogP contribution >= 0.6 is 27.5 Å². The molecule has 0 heterocycles. The number of amides is 1. The predicted molar refractivity (Wildman–Crippen MR) is 64.4 cm³/mol. The molecule has 0 aromatic heterocycles. The summed E-state index contributed by atoms with van der Waals surface area (Å²) in [4.78, 5) is 11.3. The van der Waals surface area contributed by atoms with Gasteiger partial charge in [-0.3, -0.25) is 5.32 Å². The monoisotopic (exact) mass is 291 g/mol. The molecule has 82 valence electrons. The highest BCUT2D eigenvalue weighted by Gasteiger charge is 2.09. The summed E-state index contributed by atoms with van der Waals surface area (Å²) in [5, 5.41) is 3.13. The Morgan fingerprint density at radius 3 is 2.80 bits per heavy atom. The van der Waals surface area contributed by atoms with Crippen LogP contribution in [0.2, 0.25) is 5.02 Å². The third-order valence-corrected chi connectivity index (χ3v) is 2.93. The Kier molecular flexibility index (Phi) is 4.42. The zero-order valence-corrected chi connectivity index (χ0v) is 10.7. The number of carbonyl (C=O) groups excluding carboxylic acids is 1. The fraction of sp³-hybridized carbons (Fsp3) is 0.300. The molecule has 1 N–H and O–H groups in total. The minimum atomic E-state index is -0.493. The van der Waals surface area contributed by atoms with Crippen LogP contribution in [0, 0.1) is 0 Å². The Morgan fingerprint density at radius 1 is 1.53 bits per heavy atom. The Morgan fingerprint density at radius 2 is 2.20 bits per heavy atom. The van der Waals surface area contributed by atoms with E-state index in [1.807, 2.05) is 0 Å². The number of halogens is 2. The van der Waals surface area contributed by atoms with Crippen molar-refractivity contribution >= 4 is 39.3 Å². The zero-order chi connectivity index (χ0) is 11.4. The second-order valence-corrected chi connectivity index (χ2v) is 4.38. The van der Waals surface area contributed by atoms with Crippen LogP contribution in [0.3, 0.4) is 0 Å². The van der Waals surface area contributed by atoms with E-state index < -0.39 is 6.09 Å². The summed E-state index contributed by atoms with van der Waals surface area (Å²) in [5.74, 6) is 0. The van der Waals surface area contributed by atoms with E-state index in [0.29, 0.717) is 15.2 Å². The third-order valence-electron chi connectivity index (χ3n) is 1.53. The molecule has 1 amide bonds. The van der Waals surface area contributed by atoms with E-state index in [1.165, 1.54) is 0 Å². The summed E-state index contributed by atoms with van der Waals surface area (Å²) in [5.41, 5.74) is 0.591. The van der Waals surface area contributed by atoms with E-state index >= 15 is 0 Å². The number of nitrogens with one attached hydrogen (secondary N) is 1. The molecular weight excluding hydrogens is 281 g/mol. The zero-order valence-electron chi connectivity index (χ0n) is 8.38. The maximum absolute atomic E-state index is 11.3. The van der Waals surface area contributed by atoms with Gasteiger partial charge in [0.05, 0.1) is 21.3 Å². The van der Waals surface area contributed by atoms with Crippen LogP contribution in [0.1, 0.15) is 13.8 Å². The molecule has 5 heteroatoms. The third kappa shape index (κ3) is 3.72. The molecule has 1 rings (SSSR count). The smallest absolute Gasteiger partial charge is 0.411 e. The first-order chi connectivity index (χ1) is 7.00. The minimum absolute atomic E-state index is 0.150. The van der Waals surface area contributed by atoms with Crippen LogP contribution in [0.5, 0.6) is 0 Å². The quantitative estimate of drug-likeness (QED) is 0.892. The highest BCUT2D eigenvalue weighted by Crippen LogP contribution is 2.30. The number of carbonyl (C=O) groups is 1. The molecule has 0 atom stereocenters. The average molecular weight is 293 g/mol. The molecule has 1 aromatic rings. The van der Waals surface area contributed by atoms with Crippen LogP contribution in [0.25, 0.3) is 0 Å². The number of hydrogen-bond acceptors (Lipinski definition) is 2. The van der Waals surface area contributed by atoms with Crippen molar-refractivity contribution in [2.75, 3.05) is 5.32 Å². The van der Waals surface area contributed by atoms with Gasteiger partial charge in [0.2, 0.25) is 0 Å². The first-order valence-corrected chi connectivity index (χ1v) is 5.59. The first-order valence-electron chi connectivity index (χ1n) is 4.42. The van der Waals surface area contributed by atoms with Crippen LogP contribution in [-0.2, 0) is 4.74 Å². The van der Waals surface area contributed by atoms with Gasteiger partial charge in [-0.25, -0.2) is 4.79 Å². The van der Waals surface area contributed by atoms with Crippen molar-refractivity contribution in [3.8, 4) is 0 Å². The standard InChI is InChI=1S/C10H11BrClNO2/c1-6(2)15-10(14)13-8-5-3-4-7(12)9(8)11/h3-6H,1-2H3,(H,13,14). The molecular formula is C10H11BrClNO2. The number of anilines is 1. The van der Waals surface area contributed by atoms with Crippen molar-refractivity contribution in [2.24, 2.45) is 0 Å². The number of ether oxygens (including phenoxy) is 1. The summed E-state index contributed by atoms with van der Waals surface area (Å²) >= 11 is 9.14. The van der Waals surface area contributed by atoms with Crippen molar-refractivity contribution < 1.29 is 9.53 Å². The molecule has 0 spiro atoms. The molecule has 15 heavy (non-hydrogen) atoms. The van der Waals surface area contributed by atoms with E-state index in [0.717, 1.165) is 0 Å². The van der Waals surface area contributed by atoms with Gasteiger partial charge >= 0.3 is 6.09 Å². The van der Waals surface area contributed by atoms with Gasteiger partial charge in [-0.15, -0.1) is 0 Å². The van der Waals surface area contributed by atoms with Crippen LogP contribution < -0.4 is 5.32 Å². The van der Waals surface area contributed by atoms with Gasteiger partial charge in [-0.1, -0.05) is 17.7 Å². The van der Waals surface area contributed by atoms with Crippen molar-refractivity contribution in [2.45, 2.75) is 20.0 Å². The van der Waals surface area contributed by atoms with Crippen molar-refractivity contribution in [1.82, 2.24) is 0 Å². The Bertz CT molecular complexity index is 368. The molecule has 0 aliphatic carbocycles. The van der Waals surface area contributed by atoms with Gasteiger partial charge in [0.25, 0.3) is 0 Å². The van der Waals surface area contributed by atoms with E-state index in [1.54, 1.807) is 32.0 Å². The topological polar surface area (TPSA) is 38.3 Å². The predicted octanol–water partition coefficient (Wildman–Crippen LogP) is 4.06. The molecule has 0 saturated carbocycles. The molecule has 1 aromatic carbocycles. The van der Waals surface area contributed by atoms with Crippen LogP contribution in [0.15, 0.2) is 22.7 Å². The van der Waals surface area contributed by atoms with Gasteiger partial charge in [0.1, 0.15) is 0 Å². The lowest BCUT2D eigenvalue weighted by atomic mass is 10.3. The maximum Gasteiger partial charge on any atom is 0.411 e. The number of rotatable bonds is 2. The summed E-state index contributed by atoms with van der Waals surface area (Å²) < 4.78 is 5.58. The fourth-order valence-corrected chi connectivity index (χ4v) is 1.49.